The molecule has 168 valence electrons. The molecule has 0 saturated heterocycles. The molecule has 0 spiro atoms. The Morgan fingerprint density at radius 1 is 0.750 bits per heavy atom. The van der Waals surface area contributed by atoms with E-state index in [1.165, 1.54) is 55.5 Å². The SMILES string of the molecule is CC1CCC(c2ccc(-c3ccc(C(F)(F)Oc4cc(F)c(F)c(F)c4)cc3)cc2)CC1. The normalized spacial score (nSPS) is 19.1. The van der Waals surface area contributed by atoms with Crippen molar-refractivity contribution in [3.63, 3.8) is 0 Å². The van der Waals surface area contributed by atoms with E-state index < -0.39 is 34.9 Å². The lowest BCUT2D eigenvalue weighted by molar-refractivity contribution is -0.185. The number of hydrogen-bond acceptors (Lipinski definition) is 1. The van der Waals surface area contributed by atoms with Gasteiger partial charge in [-0.3, -0.25) is 0 Å². The lowest BCUT2D eigenvalue weighted by Crippen LogP contribution is -2.22. The minimum atomic E-state index is -3.85. The van der Waals surface area contributed by atoms with Gasteiger partial charge in [0, 0.05) is 12.1 Å². The van der Waals surface area contributed by atoms with E-state index in [4.69, 9.17) is 0 Å². The second kappa shape index (κ2) is 8.93. The van der Waals surface area contributed by atoms with Crippen LogP contribution in [0.25, 0.3) is 11.1 Å². The van der Waals surface area contributed by atoms with E-state index in [2.05, 4.69) is 23.8 Å². The lowest BCUT2D eigenvalue weighted by Gasteiger charge is -2.26. The zero-order chi connectivity index (χ0) is 22.9. The van der Waals surface area contributed by atoms with Crippen LogP contribution in [0.4, 0.5) is 22.0 Å². The van der Waals surface area contributed by atoms with E-state index in [1.54, 1.807) is 0 Å². The van der Waals surface area contributed by atoms with Gasteiger partial charge in [-0.2, -0.15) is 8.78 Å². The standard InChI is InChI=1S/C26H23F5O/c1-16-2-4-17(5-3-16)18-6-8-19(9-7-18)20-10-12-21(13-11-20)26(30,31)32-22-14-23(27)25(29)24(28)15-22/h6-17H,2-5H2,1H3. The highest BCUT2D eigenvalue weighted by Crippen LogP contribution is 2.37. The number of halogens is 5. The third-order valence-corrected chi connectivity index (χ3v) is 6.16. The minimum Gasteiger partial charge on any atom is -0.429 e. The van der Waals surface area contributed by atoms with Gasteiger partial charge in [0.2, 0.25) is 0 Å². The summed E-state index contributed by atoms with van der Waals surface area (Å²) in [6.45, 7) is 2.29. The first-order valence-corrected chi connectivity index (χ1v) is 10.6. The fraction of sp³-hybridized carbons (Fsp3) is 0.308. The van der Waals surface area contributed by atoms with E-state index >= 15 is 0 Å². The summed E-state index contributed by atoms with van der Waals surface area (Å²) in [4.78, 5) is 0. The highest BCUT2D eigenvalue weighted by Gasteiger charge is 2.35. The van der Waals surface area contributed by atoms with Gasteiger partial charge in [0.1, 0.15) is 5.75 Å². The Morgan fingerprint density at radius 3 is 1.78 bits per heavy atom. The van der Waals surface area contributed by atoms with Crippen LogP contribution in [0.1, 0.15) is 49.7 Å². The first kappa shape index (κ1) is 22.3. The molecule has 0 bridgehead atoms. The van der Waals surface area contributed by atoms with E-state index in [0.29, 0.717) is 18.1 Å². The van der Waals surface area contributed by atoms with Crippen LogP contribution in [0, 0.1) is 23.4 Å². The molecule has 0 aliphatic heterocycles. The highest BCUT2D eigenvalue weighted by molar-refractivity contribution is 5.64. The Morgan fingerprint density at radius 2 is 1.25 bits per heavy atom. The second-order valence-corrected chi connectivity index (χ2v) is 8.48. The van der Waals surface area contributed by atoms with Gasteiger partial charge in [0.15, 0.2) is 17.5 Å². The summed E-state index contributed by atoms with van der Waals surface area (Å²) in [5.74, 6) is -4.39. The first-order chi connectivity index (χ1) is 15.2. The topological polar surface area (TPSA) is 9.23 Å². The van der Waals surface area contributed by atoms with Crippen LogP contribution >= 0.6 is 0 Å². The number of rotatable bonds is 5. The number of ether oxygens (including phenoxy) is 1. The smallest absolute Gasteiger partial charge is 0.426 e. The predicted molar refractivity (Wildman–Crippen MR) is 113 cm³/mol. The van der Waals surface area contributed by atoms with Gasteiger partial charge < -0.3 is 4.74 Å². The molecule has 3 aromatic rings. The molecule has 0 N–H and O–H groups in total. The van der Waals surface area contributed by atoms with Crippen molar-refractivity contribution in [2.24, 2.45) is 5.92 Å². The average Bonchev–Trinajstić information content (AvgIpc) is 2.78. The molecule has 1 fully saturated rings. The van der Waals surface area contributed by atoms with Crippen molar-refractivity contribution in [3.05, 3.63) is 89.2 Å². The van der Waals surface area contributed by atoms with Gasteiger partial charge in [-0.15, -0.1) is 0 Å². The van der Waals surface area contributed by atoms with Crippen molar-refractivity contribution in [1.82, 2.24) is 0 Å². The van der Waals surface area contributed by atoms with Crippen molar-refractivity contribution < 1.29 is 26.7 Å². The molecule has 0 atom stereocenters. The Kier molecular flexibility index (Phi) is 6.22. The van der Waals surface area contributed by atoms with Gasteiger partial charge in [0.25, 0.3) is 0 Å². The fourth-order valence-corrected chi connectivity index (χ4v) is 4.20. The molecule has 1 saturated carbocycles. The maximum Gasteiger partial charge on any atom is 0.426 e. The molecule has 1 nitrogen and oxygen atoms in total. The van der Waals surface area contributed by atoms with Crippen molar-refractivity contribution >= 4 is 0 Å². The highest BCUT2D eigenvalue weighted by atomic mass is 19.3. The zero-order valence-corrected chi connectivity index (χ0v) is 17.6. The zero-order valence-electron chi connectivity index (χ0n) is 17.6. The van der Waals surface area contributed by atoms with E-state index in [-0.39, 0.29) is 0 Å². The van der Waals surface area contributed by atoms with Crippen molar-refractivity contribution in [1.29, 1.82) is 0 Å². The quantitative estimate of drug-likeness (QED) is 0.284. The van der Waals surface area contributed by atoms with E-state index in [1.807, 2.05) is 12.1 Å². The fourth-order valence-electron chi connectivity index (χ4n) is 4.20. The maximum atomic E-state index is 14.5. The van der Waals surface area contributed by atoms with E-state index in [9.17, 15) is 22.0 Å². The van der Waals surface area contributed by atoms with Crippen LogP contribution in [-0.2, 0) is 6.11 Å². The van der Waals surface area contributed by atoms with E-state index in [0.717, 1.165) is 17.0 Å². The summed E-state index contributed by atoms with van der Waals surface area (Å²) in [7, 11) is 0. The van der Waals surface area contributed by atoms with Crippen molar-refractivity contribution in [3.8, 4) is 16.9 Å². The lowest BCUT2D eigenvalue weighted by atomic mass is 9.79. The summed E-state index contributed by atoms with van der Waals surface area (Å²) < 4.78 is 73.0. The molecule has 3 aromatic carbocycles. The molecule has 1 aliphatic carbocycles. The molecule has 32 heavy (non-hydrogen) atoms. The third kappa shape index (κ3) is 4.79. The number of benzene rings is 3. The van der Waals surface area contributed by atoms with Gasteiger partial charge in [-0.05, 0) is 53.5 Å². The van der Waals surface area contributed by atoms with Gasteiger partial charge in [-0.1, -0.05) is 56.2 Å². The second-order valence-electron chi connectivity index (χ2n) is 8.48. The predicted octanol–water partition coefficient (Wildman–Crippen LogP) is 8.19. The van der Waals surface area contributed by atoms with Crippen molar-refractivity contribution in [2.45, 2.75) is 44.6 Å². The number of hydrogen-bond donors (Lipinski definition) is 0. The molecule has 0 amide bonds. The Balaban J connectivity index is 1.47. The largest absolute Gasteiger partial charge is 0.429 e. The van der Waals surface area contributed by atoms with Gasteiger partial charge in [0.05, 0.1) is 5.56 Å². The molecule has 0 radical (unpaired) electrons. The molecule has 0 aromatic heterocycles. The van der Waals surface area contributed by atoms with Crippen LogP contribution in [0.5, 0.6) is 5.75 Å². The van der Waals surface area contributed by atoms with Crippen molar-refractivity contribution in [2.75, 3.05) is 0 Å². The molecule has 4 rings (SSSR count). The molecule has 0 unspecified atom stereocenters. The third-order valence-electron chi connectivity index (χ3n) is 6.16. The Labute approximate surface area is 183 Å². The van der Waals surface area contributed by atoms with Crippen LogP contribution in [0.2, 0.25) is 0 Å². The molecular formula is C26H23F5O. The monoisotopic (exact) mass is 446 g/mol. The molecule has 6 heteroatoms. The van der Waals surface area contributed by atoms with Crippen LogP contribution in [0.3, 0.4) is 0 Å². The van der Waals surface area contributed by atoms with Crippen LogP contribution in [-0.4, -0.2) is 0 Å². The van der Waals surface area contributed by atoms with Gasteiger partial charge in [-0.25, -0.2) is 13.2 Å². The first-order valence-electron chi connectivity index (χ1n) is 10.6. The Bertz CT molecular complexity index is 1050. The minimum absolute atomic E-state index is 0.384. The van der Waals surface area contributed by atoms with Gasteiger partial charge >= 0.3 is 6.11 Å². The molecule has 0 heterocycles. The Hall–Kier alpha value is -2.89. The molecular weight excluding hydrogens is 423 g/mol. The summed E-state index contributed by atoms with van der Waals surface area (Å²) >= 11 is 0. The summed E-state index contributed by atoms with van der Waals surface area (Å²) in [5, 5.41) is 0. The van der Waals surface area contributed by atoms with Crippen LogP contribution < -0.4 is 4.74 Å². The molecule has 1 aliphatic rings. The summed E-state index contributed by atoms with van der Waals surface area (Å²) in [6, 6.07) is 14.4. The summed E-state index contributed by atoms with van der Waals surface area (Å²) in [5.41, 5.74) is 2.47. The summed E-state index contributed by atoms with van der Waals surface area (Å²) in [6.07, 6.45) is 0.998. The number of alkyl halides is 2. The average molecular weight is 446 g/mol. The van der Waals surface area contributed by atoms with Crippen LogP contribution in [0.15, 0.2) is 60.7 Å². The maximum absolute atomic E-state index is 14.5.